The average molecular weight is 297 g/mol. The van der Waals surface area contributed by atoms with Gasteiger partial charge >= 0.3 is 0 Å². The van der Waals surface area contributed by atoms with Crippen LogP contribution in [-0.4, -0.2) is 0 Å². The second kappa shape index (κ2) is 6.78. The molecule has 0 bridgehead atoms. The van der Waals surface area contributed by atoms with Crippen molar-refractivity contribution in [2.24, 2.45) is 0 Å². The molecule has 1 heteroatoms. The number of halogens is 1. The lowest BCUT2D eigenvalue weighted by Crippen LogP contribution is -2.10. The lowest BCUT2D eigenvalue weighted by atomic mass is 9.87. The maximum Gasteiger partial charge on any atom is 0.0406 e. The Balaban J connectivity index is 1.99. The van der Waals surface area contributed by atoms with E-state index in [4.69, 9.17) is 11.6 Å². The molecule has 0 N–H and O–H groups in total. The fourth-order valence-corrected chi connectivity index (χ4v) is 2.13. The summed E-state index contributed by atoms with van der Waals surface area (Å²) < 4.78 is 0. The number of hydrogen-bond donors (Lipinski definition) is 0. The molecule has 0 aliphatic heterocycles. The van der Waals surface area contributed by atoms with Crippen molar-refractivity contribution < 1.29 is 0 Å². The summed E-state index contributed by atoms with van der Waals surface area (Å²) in [6, 6.07) is 16.5. The van der Waals surface area contributed by atoms with Crippen molar-refractivity contribution in [3.05, 3.63) is 82.4 Å². The molecule has 0 fully saturated rings. The number of allylic oxidation sites excluding steroid dienone is 2. The Bertz CT molecular complexity index is 623. The van der Waals surface area contributed by atoms with Crippen molar-refractivity contribution >= 4 is 23.8 Å². The molecule has 0 saturated carbocycles. The summed E-state index contributed by atoms with van der Waals surface area (Å²) in [5.41, 5.74) is 3.92. The van der Waals surface area contributed by atoms with Crippen LogP contribution in [0.25, 0.3) is 12.2 Å². The molecular formula is C20H21Cl. The SMILES string of the molecule is CC(C)(C)c1ccc(C=CC=Cc2ccc(Cl)cc2)cc1. The third-order valence-corrected chi connectivity index (χ3v) is 3.59. The molecular weight excluding hydrogens is 276 g/mol. The first-order valence-corrected chi connectivity index (χ1v) is 7.54. The minimum Gasteiger partial charge on any atom is -0.0843 e. The molecule has 0 spiro atoms. The Morgan fingerprint density at radius 1 is 0.714 bits per heavy atom. The van der Waals surface area contributed by atoms with Crippen LogP contribution < -0.4 is 0 Å². The van der Waals surface area contributed by atoms with Crippen molar-refractivity contribution in [3.8, 4) is 0 Å². The van der Waals surface area contributed by atoms with Gasteiger partial charge in [-0.25, -0.2) is 0 Å². The second-order valence-corrected chi connectivity index (χ2v) is 6.58. The van der Waals surface area contributed by atoms with Crippen LogP contribution in [0.2, 0.25) is 5.02 Å². The van der Waals surface area contributed by atoms with Crippen LogP contribution in [0.4, 0.5) is 0 Å². The average Bonchev–Trinajstić information content (AvgIpc) is 2.45. The highest BCUT2D eigenvalue weighted by molar-refractivity contribution is 6.30. The summed E-state index contributed by atoms with van der Waals surface area (Å²) in [5.74, 6) is 0. The van der Waals surface area contributed by atoms with E-state index in [1.807, 2.05) is 30.3 Å². The van der Waals surface area contributed by atoms with Crippen LogP contribution in [0.1, 0.15) is 37.5 Å². The van der Waals surface area contributed by atoms with Crippen molar-refractivity contribution in [2.45, 2.75) is 26.2 Å². The van der Waals surface area contributed by atoms with E-state index in [2.05, 4.69) is 63.3 Å². The van der Waals surface area contributed by atoms with Crippen LogP contribution in [0, 0.1) is 0 Å². The second-order valence-electron chi connectivity index (χ2n) is 6.14. The van der Waals surface area contributed by atoms with E-state index in [0.717, 1.165) is 10.6 Å². The van der Waals surface area contributed by atoms with Crippen LogP contribution >= 0.6 is 11.6 Å². The third-order valence-electron chi connectivity index (χ3n) is 3.34. The first kappa shape index (κ1) is 15.6. The van der Waals surface area contributed by atoms with Gasteiger partial charge < -0.3 is 0 Å². The van der Waals surface area contributed by atoms with Gasteiger partial charge in [-0.15, -0.1) is 0 Å². The van der Waals surface area contributed by atoms with Crippen molar-refractivity contribution in [3.63, 3.8) is 0 Å². The minimum absolute atomic E-state index is 0.205. The lowest BCUT2D eigenvalue weighted by Gasteiger charge is -2.18. The van der Waals surface area contributed by atoms with Gasteiger partial charge in [-0.1, -0.05) is 93.1 Å². The van der Waals surface area contributed by atoms with E-state index in [1.54, 1.807) is 0 Å². The first-order chi connectivity index (χ1) is 9.95. The monoisotopic (exact) mass is 296 g/mol. The van der Waals surface area contributed by atoms with E-state index in [9.17, 15) is 0 Å². The summed E-state index contributed by atoms with van der Waals surface area (Å²) in [4.78, 5) is 0. The van der Waals surface area contributed by atoms with Gasteiger partial charge in [-0.3, -0.25) is 0 Å². The van der Waals surface area contributed by atoms with Gasteiger partial charge in [0, 0.05) is 5.02 Å². The summed E-state index contributed by atoms with van der Waals surface area (Å²) in [6.07, 6.45) is 8.27. The molecule has 0 radical (unpaired) electrons. The largest absolute Gasteiger partial charge is 0.0843 e. The first-order valence-electron chi connectivity index (χ1n) is 7.16. The molecule has 0 heterocycles. The Morgan fingerprint density at radius 3 is 1.57 bits per heavy atom. The number of rotatable bonds is 3. The molecule has 0 aliphatic rings. The Hall–Kier alpha value is -1.79. The summed E-state index contributed by atoms with van der Waals surface area (Å²) in [7, 11) is 0. The summed E-state index contributed by atoms with van der Waals surface area (Å²) in [5, 5.41) is 0.765. The van der Waals surface area contributed by atoms with Gasteiger partial charge in [0.1, 0.15) is 0 Å². The van der Waals surface area contributed by atoms with Crippen molar-refractivity contribution in [2.75, 3.05) is 0 Å². The Labute approximate surface area is 132 Å². The molecule has 2 rings (SSSR count). The zero-order valence-electron chi connectivity index (χ0n) is 12.8. The maximum atomic E-state index is 5.86. The summed E-state index contributed by atoms with van der Waals surface area (Å²) >= 11 is 5.86. The highest BCUT2D eigenvalue weighted by Gasteiger charge is 2.12. The van der Waals surface area contributed by atoms with Gasteiger partial charge in [0.2, 0.25) is 0 Å². The standard InChI is InChI=1S/C20H21Cl/c1-20(2,3)18-12-8-16(9-13-18)6-4-5-7-17-10-14-19(21)15-11-17/h4-15H,1-3H3. The molecule has 2 aromatic rings. The maximum absolute atomic E-state index is 5.86. The molecule has 0 amide bonds. The minimum atomic E-state index is 0.205. The van der Waals surface area contributed by atoms with E-state index in [0.29, 0.717) is 0 Å². The molecule has 0 aromatic heterocycles. The van der Waals surface area contributed by atoms with E-state index in [-0.39, 0.29) is 5.41 Å². The quantitative estimate of drug-likeness (QED) is 0.578. The van der Waals surface area contributed by atoms with E-state index >= 15 is 0 Å². The molecule has 0 saturated heterocycles. The van der Waals surface area contributed by atoms with E-state index in [1.165, 1.54) is 11.1 Å². The van der Waals surface area contributed by atoms with Gasteiger partial charge in [0.15, 0.2) is 0 Å². The van der Waals surface area contributed by atoms with Crippen LogP contribution in [0.3, 0.4) is 0 Å². The molecule has 0 nitrogen and oxygen atoms in total. The zero-order valence-corrected chi connectivity index (χ0v) is 13.6. The van der Waals surface area contributed by atoms with Gasteiger partial charge in [-0.05, 0) is 34.2 Å². The van der Waals surface area contributed by atoms with Crippen LogP contribution in [-0.2, 0) is 5.41 Å². The number of hydrogen-bond acceptors (Lipinski definition) is 0. The van der Waals surface area contributed by atoms with Crippen molar-refractivity contribution in [1.29, 1.82) is 0 Å². The highest BCUT2D eigenvalue weighted by atomic mass is 35.5. The Morgan fingerprint density at radius 2 is 1.14 bits per heavy atom. The predicted molar refractivity (Wildman–Crippen MR) is 94.7 cm³/mol. The molecule has 0 atom stereocenters. The summed E-state index contributed by atoms with van der Waals surface area (Å²) in [6.45, 7) is 6.69. The highest BCUT2D eigenvalue weighted by Crippen LogP contribution is 2.22. The predicted octanol–water partition coefficient (Wildman–Crippen LogP) is 6.36. The topological polar surface area (TPSA) is 0 Å². The fraction of sp³-hybridized carbons (Fsp3) is 0.200. The zero-order chi connectivity index (χ0) is 15.3. The van der Waals surface area contributed by atoms with Crippen LogP contribution in [0.5, 0.6) is 0 Å². The van der Waals surface area contributed by atoms with Gasteiger partial charge in [-0.2, -0.15) is 0 Å². The lowest BCUT2D eigenvalue weighted by molar-refractivity contribution is 0.590. The van der Waals surface area contributed by atoms with Crippen LogP contribution in [0.15, 0.2) is 60.7 Å². The number of benzene rings is 2. The molecule has 0 unspecified atom stereocenters. The van der Waals surface area contributed by atoms with Gasteiger partial charge in [0.05, 0.1) is 0 Å². The molecule has 2 aromatic carbocycles. The third kappa shape index (κ3) is 4.91. The fourth-order valence-electron chi connectivity index (χ4n) is 2.00. The normalized spacial score (nSPS) is 12.4. The van der Waals surface area contributed by atoms with E-state index < -0.39 is 0 Å². The molecule has 108 valence electrons. The molecule has 0 aliphatic carbocycles. The molecule has 21 heavy (non-hydrogen) atoms. The smallest absolute Gasteiger partial charge is 0.0406 e. The Kier molecular flexibility index (Phi) is 5.03. The van der Waals surface area contributed by atoms with Gasteiger partial charge in [0.25, 0.3) is 0 Å². The van der Waals surface area contributed by atoms with Crippen molar-refractivity contribution in [1.82, 2.24) is 0 Å².